The van der Waals surface area contributed by atoms with Crippen LogP contribution < -0.4 is 5.32 Å². The van der Waals surface area contributed by atoms with Crippen LogP contribution in [-0.4, -0.2) is 18.2 Å². The van der Waals surface area contributed by atoms with Crippen LogP contribution in [0.1, 0.15) is 49.3 Å². The van der Waals surface area contributed by atoms with Crippen molar-refractivity contribution in [2.75, 3.05) is 13.1 Å². The molecule has 2 N–H and O–H groups in total. The second-order valence-electron chi connectivity index (χ2n) is 5.49. The maximum atomic E-state index is 10.1. The van der Waals surface area contributed by atoms with Gasteiger partial charge in [-0.3, -0.25) is 0 Å². The van der Waals surface area contributed by atoms with Crippen molar-refractivity contribution in [2.45, 2.75) is 45.1 Å². The predicted molar refractivity (Wildman–Crippen MR) is 80.2 cm³/mol. The van der Waals surface area contributed by atoms with Gasteiger partial charge < -0.3 is 10.4 Å². The number of hydrogen-bond acceptors (Lipinski definition) is 2. The predicted octanol–water partition coefficient (Wildman–Crippen LogP) is 3.51. The standard InChI is InChI=1S/C17H25NO/c1-14-7-9-16(10-8-14)17(19)13-18-12-11-15-5-3-2-4-6-15/h5,7-10,17-19H,2-4,6,11-13H2,1H3. The summed E-state index contributed by atoms with van der Waals surface area (Å²) in [6, 6.07) is 8.10. The van der Waals surface area contributed by atoms with Crippen molar-refractivity contribution in [1.82, 2.24) is 5.32 Å². The molecule has 1 aliphatic rings. The number of aliphatic hydroxyl groups is 1. The number of hydrogen-bond donors (Lipinski definition) is 2. The van der Waals surface area contributed by atoms with Crippen molar-refractivity contribution in [3.8, 4) is 0 Å². The lowest BCUT2D eigenvalue weighted by atomic mass is 9.97. The first-order valence-corrected chi connectivity index (χ1v) is 7.39. The molecule has 1 aromatic rings. The molecule has 2 heteroatoms. The van der Waals surface area contributed by atoms with Gasteiger partial charge in [-0.1, -0.05) is 41.5 Å². The average molecular weight is 259 g/mol. The molecule has 0 aromatic heterocycles. The van der Waals surface area contributed by atoms with E-state index >= 15 is 0 Å². The van der Waals surface area contributed by atoms with E-state index in [1.165, 1.54) is 31.2 Å². The number of benzene rings is 1. The second kappa shape index (κ2) is 7.46. The number of aliphatic hydroxyl groups excluding tert-OH is 1. The van der Waals surface area contributed by atoms with Crippen LogP contribution in [0.3, 0.4) is 0 Å². The van der Waals surface area contributed by atoms with Gasteiger partial charge in [-0.15, -0.1) is 0 Å². The fourth-order valence-electron chi connectivity index (χ4n) is 2.53. The van der Waals surface area contributed by atoms with Crippen LogP contribution in [-0.2, 0) is 0 Å². The third-order valence-electron chi connectivity index (χ3n) is 3.81. The highest BCUT2D eigenvalue weighted by Gasteiger charge is 2.07. The zero-order chi connectivity index (χ0) is 13.5. The lowest BCUT2D eigenvalue weighted by molar-refractivity contribution is 0.175. The van der Waals surface area contributed by atoms with E-state index in [0.717, 1.165) is 18.5 Å². The molecule has 1 aliphatic carbocycles. The van der Waals surface area contributed by atoms with Gasteiger partial charge in [0.25, 0.3) is 0 Å². The van der Waals surface area contributed by atoms with Crippen LogP contribution in [0.2, 0.25) is 0 Å². The molecule has 1 aromatic carbocycles. The molecule has 0 saturated heterocycles. The first kappa shape index (κ1) is 14.3. The summed E-state index contributed by atoms with van der Waals surface area (Å²) in [5.74, 6) is 0. The van der Waals surface area contributed by atoms with E-state index in [0.29, 0.717) is 6.54 Å². The number of aryl methyl sites for hydroxylation is 1. The summed E-state index contributed by atoms with van der Waals surface area (Å²) in [5.41, 5.74) is 3.81. The number of nitrogens with one attached hydrogen (secondary N) is 1. The van der Waals surface area contributed by atoms with Crippen LogP contribution in [0.5, 0.6) is 0 Å². The van der Waals surface area contributed by atoms with E-state index in [9.17, 15) is 5.11 Å². The van der Waals surface area contributed by atoms with Gasteiger partial charge in [0.15, 0.2) is 0 Å². The smallest absolute Gasteiger partial charge is 0.0914 e. The second-order valence-corrected chi connectivity index (χ2v) is 5.49. The molecule has 0 aliphatic heterocycles. The Bertz CT molecular complexity index is 408. The molecule has 0 heterocycles. The highest BCUT2D eigenvalue weighted by molar-refractivity contribution is 5.23. The van der Waals surface area contributed by atoms with Crippen LogP contribution in [0.4, 0.5) is 0 Å². The molecule has 0 saturated carbocycles. The van der Waals surface area contributed by atoms with Crippen molar-refractivity contribution >= 4 is 0 Å². The Morgan fingerprint density at radius 3 is 2.68 bits per heavy atom. The summed E-state index contributed by atoms with van der Waals surface area (Å²) in [6.07, 6.45) is 8.33. The molecule has 0 bridgehead atoms. The maximum absolute atomic E-state index is 10.1. The van der Waals surface area contributed by atoms with Gasteiger partial charge in [0, 0.05) is 6.54 Å². The lowest BCUT2D eigenvalue weighted by Gasteiger charge is -2.15. The fraction of sp³-hybridized carbons (Fsp3) is 0.529. The van der Waals surface area contributed by atoms with Crippen LogP contribution in [0, 0.1) is 6.92 Å². The lowest BCUT2D eigenvalue weighted by Crippen LogP contribution is -2.23. The van der Waals surface area contributed by atoms with E-state index in [1.54, 1.807) is 5.57 Å². The van der Waals surface area contributed by atoms with Gasteiger partial charge in [-0.25, -0.2) is 0 Å². The highest BCUT2D eigenvalue weighted by atomic mass is 16.3. The Hall–Kier alpha value is -1.12. The van der Waals surface area contributed by atoms with Gasteiger partial charge in [0.2, 0.25) is 0 Å². The minimum Gasteiger partial charge on any atom is -0.387 e. The maximum Gasteiger partial charge on any atom is 0.0914 e. The molecule has 104 valence electrons. The summed E-state index contributed by atoms with van der Waals surface area (Å²) >= 11 is 0. The molecule has 1 atom stereocenters. The van der Waals surface area contributed by atoms with E-state index in [2.05, 4.69) is 18.3 Å². The van der Waals surface area contributed by atoms with Crippen LogP contribution in [0.15, 0.2) is 35.9 Å². The molecule has 19 heavy (non-hydrogen) atoms. The average Bonchev–Trinajstić information content (AvgIpc) is 2.45. The summed E-state index contributed by atoms with van der Waals surface area (Å²) < 4.78 is 0. The molecule has 2 rings (SSSR count). The Kier molecular flexibility index (Phi) is 5.62. The SMILES string of the molecule is Cc1ccc(C(O)CNCCC2=CCCCC2)cc1. The number of allylic oxidation sites excluding steroid dienone is 1. The molecule has 0 amide bonds. The molecule has 1 unspecified atom stereocenters. The zero-order valence-electron chi connectivity index (χ0n) is 11.9. The van der Waals surface area contributed by atoms with E-state index in [1.807, 2.05) is 24.3 Å². The first-order valence-electron chi connectivity index (χ1n) is 7.39. The summed E-state index contributed by atoms with van der Waals surface area (Å²) in [6.45, 7) is 3.66. The Morgan fingerprint density at radius 2 is 2.00 bits per heavy atom. The van der Waals surface area contributed by atoms with Gasteiger partial charge in [0.1, 0.15) is 0 Å². The Morgan fingerprint density at radius 1 is 1.21 bits per heavy atom. The van der Waals surface area contributed by atoms with Crippen molar-refractivity contribution in [2.24, 2.45) is 0 Å². The third-order valence-corrected chi connectivity index (χ3v) is 3.81. The molecular formula is C17H25NO. The van der Waals surface area contributed by atoms with Crippen molar-refractivity contribution in [3.05, 3.63) is 47.0 Å². The Labute approximate surface area is 116 Å². The molecule has 2 nitrogen and oxygen atoms in total. The quantitative estimate of drug-likeness (QED) is 0.605. The van der Waals surface area contributed by atoms with Crippen LogP contribution in [0.25, 0.3) is 0 Å². The van der Waals surface area contributed by atoms with E-state index in [4.69, 9.17) is 0 Å². The summed E-state index contributed by atoms with van der Waals surface area (Å²) in [7, 11) is 0. The largest absolute Gasteiger partial charge is 0.387 e. The van der Waals surface area contributed by atoms with E-state index < -0.39 is 6.10 Å². The monoisotopic (exact) mass is 259 g/mol. The highest BCUT2D eigenvalue weighted by Crippen LogP contribution is 2.19. The third kappa shape index (κ3) is 4.81. The minimum atomic E-state index is -0.402. The topological polar surface area (TPSA) is 32.3 Å². The van der Waals surface area contributed by atoms with Crippen molar-refractivity contribution < 1.29 is 5.11 Å². The molecule has 0 fully saturated rings. The summed E-state index contributed by atoms with van der Waals surface area (Å²) in [4.78, 5) is 0. The van der Waals surface area contributed by atoms with Gasteiger partial charge in [-0.2, -0.15) is 0 Å². The van der Waals surface area contributed by atoms with Crippen molar-refractivity contribution in [1.29, 1.82) is 0 Å². The van der Waals surface area contributed by atoms with E-state index in [-0.39, 0.29) is 0 Å². The Balaban J connectivity index is 1.67. The molecule has 0 spiro atoms. The number of rotatable bonds is 6. The molecular weight excluding hydrogens is 234 g/mol. The first-order chi connectivity index (χ1) is 9.25. The fourth-order valence-corrected chi connectivity index (χ4v) is 2.53. The summed E-state index contributed by atoms with van der Waals surface area (Å²) in [5, 5.41) is 13.4. The minimum absolute atomic E-state index is 0.402. The van der Waals surface area contributed by atoms with Crippen molar-refractivity contribution in [3.63, 3.8) is 0 Å². The normalized spacial score (nSPS) is 17.1. The molecule has 0 radical (unpaired) electrons. The van der Waals surface area contributed by atoms with Gasteiger partial charge >= 0.3 is 0 Å². The van der Waals surface area contributed by atoms with Gasteiger partial charge in [0.05, 0.1) is 6.10 Å². The van der Waals surface area contributed by atoms with Crippen LogP contribution >= 0.6 is 0 Å². The van der Waals surface area contributed by atoms with Gasteiger partial charge in [-0.05, 0) is 51.1 Å². The zero-order valence-corrected chi connectivity index (χ0v) is 11.9.